The van der Waals surface area contributed by atoms with Gasteiger partial charge in [0.2, 0.25) is 5.91 Å². The number of ether oxygens (including phenoxy) is 1. The summed E-state index contributed by atoms with van der Waals surface area (Å²) in [5, 5.41) is 6.54. The van der Waals surface area contributed by atoms with Crippen LogP contribution in [0, 0.1) is 0 Å². The van der Waals surface area contributed by atoms with E-state index < -0.39 is 0 Å². The maximum Gasteiger partial charge on any atom is 0.223 e. The molecule has 17 heavy (non-hydrogen) atoms. The molecule has 0 radical (unpaired) electrons. The Hall–Kier alpha value is -0.610. The fourth-order valence-corrected chi connectivity index (χ4v) is 2.86. The first-order valence-electron chi connectivity index (χ1n) is 6.71. The van der Waals surface area contributed by atoms with Crippen molar-refractivity contribution in [3.05, 3.63) is 0 Å². The van der Waals surface area contributed by atoms with Gasteiger partial charge in [0.25, 0.3) is 0 Å². The molecule has 98 valence electrons. The molecular weight excluding hydrogens is 216 g/mol. The maximum absolute atomic E-state index is 12.0. The number of carbonyl (C=O) groups is 1. The van der Waals surface area contributed by atoms with Gasteiger partial charge in [0.1, 0.15) is 0 Å². The Kier molecular flexibility index (Phi) is 4.05. The minimum atomic E-state index is -0.150. The van der Waals surface area contributed by atoms with Crippen molar-refractivity contribution >= 4 is 5.91 Å². The number of rotatable bonds is 4. The second kappa shape index (κ2) is 5.36. The fraction of sp³-hybridized carbons (Fsp3) is 0.923. The first kappa shape index (κ1) is 12.8. The summed E-state index contributed by atoms with van der Waals surface area (Å²) in [7, 11) is 1.72. The Morgan fingerprint density at radius 1 is 1.53 bits per heavy atom. The molecule has 0 spiro atoms. The molecule has 2 atom stereocenters. The van der Waals surface area contributed by atoms with Gasteiger partial charge in [-0.15, -0.1) is 0 Å². The van der Waals surface area contributed by atoms with Crippen molar-refractivity contribution in [1.82, 2.24) is 10.6 Å². The molecule has 4 nitrogen and oxygen atoms in total. The molecule has 2 fully saturated rings. The van der Waals surface area contributed by atoms with Crippen molar-refractivity contribution in [2.45, 2.75) is 63.1 Å². The molecule has 2 unspecified atom stereocenters. The van der Waals surface area contributed by atoms with Crippen molar-refractivity contribution in [3.63, 3.8) is 0 Å². The summed E-state index contributed by atoms with van der Waals surface area (Å²) in [6, 6.07) is 0.849. The largest absolute Gasteiger partial charge is 0.378 e. The van der Waals surface area contributed by atoms with Crippen LogP contribution in [0.1, 0.15) is 45.4 Å². The molecule has 0 aromatic rings. The number of methoxy groups -OCH3 is 1. The highest BCUT2D eigenvalue weighted by Gasteiger charge is 2.39. The van der Waals surface area contributed by atoms with Gasteiger partial charge in [-0.1, -0.05) is 0 Å². The Balaban J connectivity index is 1.76. The van der Waals surface area contributed by atoms with Crippen molar-refractivity contribution < 1.29 is 9.53 Å². The van der Waals surface area contributed by atoms with Crippen LogP contribution in [-0.4, -0.2) is 37.2 Å². The number of nitrogens with one attached hydrogen (secondary N) is 2. The summed E-state index contributed by atoms with van der Waals surface area (Å²) in [6.07, 6.45) is 5.84. The molecule has 1 saturated carbocycles. The lowest BCUT2D eigenvalue weighted by Crippen LogP contribution is -2.49. The predicted molar refractivity (Wildman–Crippen MR) is 66.8 cm³/mol. The van der Waals surface area contributed by atoms with Gasteiger partial charge in [-0.3, -0.25) is 4.79 Å². The van der Waals surface area contributed by atoms with Crippen LogP contribution in [0.3, 0.4) is 0 Å². The van der Waals surface area contributed by atoms with Crippen LogP contribution in [0.5, 0.6) is 0 Å². The highest BCUT2D eigenvalue weighted by molar-refractivity contribution is 5.77. The molecule has 1 amide bonds. The van der Waals surface area contributed by atoms with Crippen molar-refractivity contribution in [1.29, 1.82) is 0 Å². The highest BCUT2D eigenvalue weighted by atomic mass is 16.5. The summed E-state index contributed by atoms with van der Waals surface area (Å²) >= 11 is 0. The number of hydrogen-bond acceptors (Lipinski definition) is 3. The standard InChI is InChI=1S/C13H24N2O2/c1-10-8-11(4-7-14-10)15-12(16)9-13(17-2)5-3-6-13/h10-11,14H,3-9H2,1-2H3,(H,15,16). The molecule has 1 heterocycles. The lowest BCUT2D eigenvalue weighted by atomic mass is 9.77. The van der Waals surface area contributed by atoms with Gasteiger partial charge in [-0.05, 0) is 45.6 Å². The highest BCUT2D eigenvalue weighted by Crippen LogP contribution is 2.37. The van der Waals surface area contributed by atoms with Gasteiger partial charge in [-0.25, -0.2) is 0 Å². The lowest BCUT2D eigenvalue weighted by Gasteiger charge is -2.40. The summed E-state index contributed by atoms with van der Waals surface area (Å²) in [5.41, 5.74) is -0.150. The minimum absolute atomic E-state index is 0.150. The predicted octanol–water partition coefficient (Wildman–Crippen LogP) is 1.20. The SMILES string of the molecule is COC1(CC(=O)NC2CCNC(C)C2)CCC1. The molecule has 4 heteroatoms. The zero-order valence-corrected chi connectivity index (χ0v) is 10.9. The molecule has 1 saturated heterocycles. The monoisotopic (exact) mass is 240 g/mol. The van der Waals surface area contributed by atoms with Crippen molar-refractivity contribution in [2.75, 3.05) is 13.7 Å². The molecule has 0 bridgehead atoms. The van der Waals surface area contributed by atoms with E-state index in [0.29, 0.717) is 18.5 Å². The third kappa shape index (κ3) is 3.19. The van der Waals surface area contributed by atoms with Gasteiger partial charge in [0.05, 0.1) is 12.0 Å². The van der Waals surface area contributed by atoms with Crippen LogP contribution >= 0.6 is 0 Å². The van der Waals surface area contributed by atoms with E-state index in [0.717, 1.165) is 32.2 Å². The molecule has 2 N–H and O–H groups in total. The molecule has 0 aromatic heterocycles. The normalized spacial score (nSPS) is 31.6. The summed E-state index contributed by atoms with van der Waals surface area (Å²) in [5.74, 6) is 0.158. The van der Waals surface area contributed by atoms with Crippen LogP contribution in [0.25, 0.3) is 0 Å². The third-order valence-electron chi connectivity index (χ3n) is 4.17. The molecule has 1 aliphatic heterocycles. The zero-order chi connectivity index (χ0) is 12.3. The second-order valence-corrected chi connectivity index (χ2v) is 5.56. The lowest BCUT2D eigenvalue weighted by molar-refractivity contribution is -0.135. The van der Waals surface area contributed by atoms with Crippen LogP contribution in [0.4, 0.5) is 0 Å². The van der Waals surface area contributed by atoms with E-state index in [9.17, 15) is 4.79 Å². The second-order valence-electron chi connectivity index (χ2n) is 5.56. The van der Waals surface area contributed by atoms with Crippen LogP contribution < -0.4 is 10.6 Å². The topological polar surface area (TPSA) is 50.4 Å². The third-order valence-corrected chi connectivity index (χ3v) is 4.17. The van der Waals surface area contributed by atoms with E-state index in [1.54, 1.807) is 7.11 Å². The molecule has 2 aliphatic rings. The van der Waals surface area contributed by atoms with E-state index >= 15 is 0 Å². The first-order chi connectivity index (χ1) is 8.13. The fourth-order valence-electron chi connectivity index (χ4n) is 2.86. The number of amides is 1. The number of hydrogen-bond donors (Lipinski definition) is 2. The van der Waals surface area contributed by atoms with Gasteiger partial charge >= 0.3 is 0 Å². The summed E-state index contributed by atoms with van der Waals surface area (Å²) in [4.78, 5) is 12.0. The first-order valence-corrected chi connectivity index (χ1v) is 6.71. The van der Waals surface area contributed by atoms with Gasteiger partial charge < -0.3 is 15.4 Å². The van der Waals surface area contributed by atoms with Gasteiger partial charge in [-0.2, -0.15) is 0 Å². The quantitative estimate of drug-likeness (QED) is 0.776. The maximum atomic E-state index is 12.0. The van der Waals surface area contributed by atoms with Crippen LogP contribution in [0.2, 0.25) is 0 Å². The average Bonchev–Trinajstić information content (AvgIpc) is 2.23. The van der Waals surface area contributed by atoms with E-state index in [4.69, 9.17) is 4.74 Å². The zero-order valence-electron chi connectivity index (χ0n) is 10.9. The summed E-state index contributed by atoms with van der Waals surface area (Å²) < 4.78 is 5.48. The van der Waals surface area contributed by atoms with Crippen LogP contribution in [-0.2, 0) is 9.53 Å². The van der Waals surface area contributed by atoms with Crippen LogP contribution in [0.15, 0.2) is 0 Å². The minimum Gasteiger partial charge on any atom is -0.378 e. The van der Waals surface area contributed by atoms with E-state index in [1.807, 2.05) is 0 Å². The average molecular weight is 240 g/mol. The molecule has 0 aromatic carbocycles. The van der Waals surface area contributed by atoms with Gasteiger partial charge in [0, 0.05) is 19.2 Å². The number of carbonyl (C=O) groups excluding carboxylic acids is 1. The smallest absolute Gasteiger partial charge is 0.223 e. The van der Waals surface area contributed by atoms with E-state index in [-0.39, 0.29) is 11.5 Å². The Labute approximate surface area is 103 Å². The van der Waals surface area contributed by atoms with Crippen molar-refractivity contribution in [2.24, 2.45) is 0 Å². The Morgan fingerprint density at radius 2 is 2.29 bits per heavy atom. The molecule has 2 rings (SSSR count). The summed E-state index contributed by atoms with van der Waals surface area (Å²) in [6.45, 7) is 3.17. The van der Waals surface area contributed by atoms with E-state index in [2.05, 4.69) is 17.6 Å². The molecule has 1 aliphatic carbocycles. The molecular formula is C13H24N2O2. The Morgan fingerprint density at radius 3 is 2.82 bits per heavy atom. The Bertz CT molecular complexity index is 271. The van der Waals surface area contributed by atoms with E-state index in [1.165, 1.54) is 6.42 Å². The number of piperidine rings is 1. The van der Waals surface area contributed by atoms with Crippen molar-refractivity contribution in [3.8, 4) is 0 Å². The van der Waals surface area contributed by atoms with Gasteiger partial charge in [0.15, 0.2) is 0 Å².